The number of hydrogen-bond acceptors (Lipinski definition) is 5. The van der Waals surface area contributed by atoms with Gasteiger partial charge in [0, 0.05) is 0 Å². The second-order valence-corrected chi connectivity index (χ2v) is 7.98. The van der Waals surface area contributed by atoms with Crippen molar-refractivity contribution in [2.75, 3.05) is 13.7 Å². The molecular formula is C19H22ClNO5S. The first kappa shape index (κ1) is 21.2. The predicted octanol–water partition coefficient (Wildman–Crippen LogP) is 3.63. The number of esters is 1. The van der Waals surface area contributed by atoms with Crippen LogP contribution in [0.1, 0.15) is 30.5 Å². The number of aryl methyl sites for hydroxylation is 1. The summed E-state index contributed by atoms with van der Waals surface area (Å²) in [4.78, 5) is 12.0. The number of benzene rings is 2. The van der Waals surface area contributed by atoms with Crippen LogP contribution in [0.5, 0.6) is 5.75 Å². The van der Waals surface area contributed by atoms with Gasteiger partial charge < -0.3 is 9.47 Å². The summed E-state index contributed by atoms with van der Waals surface area (Å²) < 4.78 is 38.5. The Bertz CT molecular complexity index is 914. The summed E-state index contributed by atoms with van der Waals surface area (Å²) >= 11 is 6.12. The molecule has 6 nitrogen and oxygen atoms in total. The Morgan fingerprint density at radius 2 is 1.96 bits per heavy atom. The number of ether oxygens (including phenoxy) is 2. The molecule has 0 aromatic heterocycles. The number of halogens is 1. The fraction of sp³-hybridized carbons (Fsp3) is 0.316. The average molecular weight is 412 g/mol. The van der Waals surface area contributed by atoms with Crippen LogP contribution in [0.3, 0.4) is 0 Å². The van der Waals surface area contributed by atoms with Gasteiger partial charge in [-0.1, -0.05) is 29.8 Å². The van der Waals surface area contributed by atoms with E-state index >= 15 is 0 Å². The van der Waals surface area contributed by atoms with Gasteiger partial charge in [-0.3, -0.25) is 4.79 Å². The highest BCUT2D eigenvalue weighted by Crippen LogP contribution is 2.27. The number of methoxy groups -OCH3 is 1. The molecule has 1 N–H and O–H groups in total. The van der Waals surface area contributed by atoms with Crippen molar-refractivity contribution in [1.29, 1.82) is 0 Å². The minimum atomic E-state index is -3.97. The Morgan fingerprint density at radius 1 is 1.22 bits per heavy atom. The van der Waals surface area contributed by atoms with Crippen LogP contribution in [0.2, 0.25) is 5.02 Å². The Balaban J connectivity index is 2.38. The first-order valence-electron chi connectivity index (χ1n) is 8.35. The average Bonchev–Trinajstić information content (AvgIpc) is 2.61. The number of nitrogens with one attached hydrogen (secondary N) is 1. The van der Waals surface area contributed by atoms with Gasteiger partial charge in [0.2, 0.25) is 10.0 Å². The molecule has 27 heavy (non-hydrogen) atoms. The Labute approximate surface area is 164 Å². The molecular weight excluding hydrogens is 390 g/mol. The Kier molecular flexibility index (Phi) is 7.24. The fourth-order valence-corrected chi connectivity index (χ4v) is 4.37. The summed E-state index contributed by atoms with van der Waals surface area (Å²) in [6, 6.07) is 10.7. The van der Waals surface area contributed by atoms with Gasteiger partial charge in [-0.15, -0.1) is 0 Å². The maximum absolute atomic E-state index is 12.9. The molecule has 2 aromatic rings. The largest absolute Gasteiger partial charge is 0.497 e. The number of rotatable bonds is 8. The standard InChI is InChI=1S/C19H22ClNO5S/c1-4-26-19(22)12-17(14-6-5-7-15(11-14)25-3)21-27(23,24)18-9-8-13(2)10-16(18)20/h5-11,17,21H,4,12H2,1-3H3. The SMILES string of the molecule is CCOC(=O)CC(NS(=O)(=O)c1ccc(C)cc1Cl)c1cccc(OC)c1. The third kappa shape index (κ3) is 5.69. The number of sulfonamides is 1. The molecule has 8 heteroatoms. The molecule has 146 valence electrons. The van der Waals surface area contributed by atoms with Gasteiger partial charge in [0.25, 0.3) is 0 Å². The molecule has 0 saturated heterocycles. The van der Waals surface area contributed by atoms with Crippen molar-refractivity contribution >= 4 is 27.6 Å². The van der Waals surface area contributed by atoms with Crippen LogP contribution in [-0.4, -0.2) is 28.1 Å². The minimum Gasteiger partial charge on any atom is -0.497 e. The van der Waals surface area contributed by atoms with Gasteiger partial charge in [0.15, 0.2) is 0 Å². The lowest BCUT2D eigenvalue weighted by molar-refractivity contribution is -0.143. The zero-order valence-electron chi connectivity index (χ0n) is 15.4. The van der Waals surface area contributed by atoms with Gasteiger partial charge >= 0.3 is 5.97 Å². The van der Waals surface area contributed by atoms with E-state index in [9.17, 15) is 13.2 Å². The minimum absolute atomic E-state index is 0.0495. The van der Waals surface area contributed by atoms with E-state index in [2.05, 4.69) is 4.72 Å². The second kappa shape index (κ2) is 9.21. The highest BCUT2D eigenvalue weighted by Gasteiger charge is 2.26. The molecule has 0 aliphatic rings. The van der Waals surface area contributed by atoms with Crippen molar-refractivity contribution in [2.24, 2.45) is 0 Å². The molecule has 0 radical (unpaired) electrons. The fourth-order valence-electron chi connectivity index (χ4n) is 2.55. The lowest BCUT2D eigenvalue weighted by atomic mass is 10.0. The number of hydrogen-bond donors (Lipinski definition) is 1. The molecule has 0 aliphatic carbocycles. The molecule has 0 bridgehead atoms. The van der Waals surface area contributed by atoms with E-state index in [0.717, 1.165) is 5.56 Å². The van der Waals surface area contributed by atoms with Crippen LogP contribution in [0.4, 0.5) is 0 Å². The molecule has 1 atom stereocenters. The molecule has 0 heterocycles. The van der Waals surface area contributed by atoms with Crippen molar-refractivity contribution in [2.45, 2.75) is 31.2 Å². The topological polar surface area (TPSA) is 81.7 Å². The monoisotopic (exact) mass is 411 g/mol. The summed E-state index contributed by atoms with van der Waals surface area (Å²) in [5.74, 6) is 0.0388. The quantitative estimate of drug-likeness (QED) is 0.671. The molecule has 2 rings (SSSR count). The Hall–Kier alpha value is -2.09. The molecule has 0 spiro atoms. The number of carbonyl (C=O) groups is 1. The first-order chi connectivity index (χ1) is 12.8. The molecule has 2 aromatic carbocycles. The van der Waals surface area contributed by atoms with E-state index in [1.807, 2.05) is 6.92 Å². The first-order valence-corrected chi connectivity index (χ1v) is 10.2. The zero-order chi connectivity index (χ0) is 20.0. The van der Waals surface area contributed by atoms with E-state index in [4.69, 9.17) is 21.1 Å². The number of carbonyl (C=O) groups excluding carboxylic acids is 1. The van der Waals surface area contributed by atoms with Gasteiger partial charge in [-0.25, -0.2) is 13.1 Å². The summed E-state index contributed by atoms with van der Waals surface area (Å²) in [5.41, 5.74) is 1.42. The van der Waals surface area contributed by atoms with Crippen molar-refractivity contribution < 1.29 is 22.7 Å². The van der Waals surface area contributed by atoms with E-state index in [1.54, 1.807) is 43.3 Å². The molecule has 0 fully saturated rings. The van der Waals surface area contributed by atoms with Gasteiger partial charge in [0.1, 0.15) is 10.6 Å². The zero-order valence-corrected chi connectivity index (χ0v) is 16.9. The molecule has 0 saturated carbocycles. The van der Waals surface area contributed by atoms with Gasteiger partial charge in [-0.05, 0) is 49.2 Å². The lowest BCUT2D eigenvalue weighted by Crippen LogP contribution is -2.31. The van der Waals surface area contributed by atoms with E-state index in [-0.39, 0.29) is 22.9 Å². The van der Waals surface area contributed by atoms with Crippen LogP contribution >= 0.6 is 11.6 Å². The summed E-state index contributed by atoms with van der Waals surface area (Å²) in [6.07, 6.45) is -0.163. The van der Waals surface area contributed by atoms with E-state index in [1.165, 1.54) is 13.2 Å². The predicted molar refractivity (Wildman–Crippen MR) is 103 cm³/mol. The van der Waals surface area contributed by atoms with Crippen LogP contribution in [0, 0.1) is 6.92 Å². The summed E-state index contributed by atoms with van der Waals surface area (Å²) in [5, 5.41) is 0.114. The van der Waals surface area contributed by atoms with Crippen LogP contribution in [-0.2, 0) is 19.6 Å². The van der Waals surface area contributed by atoms with E-state index in [0.29, 0.717) is 11.3 Å². The van der Waals surface area contributed by atoms with Gasteiger partial charge in [-0.2, -0.15) is 0 Å². The normalized spacial score (nSPS) is 12.4. The maximum Gasteiger partial charge on any atom is 0.307 e. The second-order valence-electron chi connectivity index (χ2n) is 5.89. The van der Waals surface area contributed by atoms with Crippen molar-refractivity contribution in [3.63, 3.8) is 0 Å². The van der Waals surface area contributed by atoms with Crippen molar-refractivity contribution in [1.82, 2.24) is 4.72 Å². The van der Waals surface area contributed by atoms with Gasteiger partial charge in [0.05, 0.1) is 31.2 Å². The third-order valence-electron chi connectivity index (χ3n) is 3.85. The smallest absolute Gasteiger partial charge is 0.307 e. The molecule has 0 aliphatic heterocycles. The van der Waals surface area contributed by atoms with Crippen molar-refractivity contribution in [3.8, 4) is 5.75 Å². The van der Waals surface area contributed by atoms with Crippen LogP contribution in [0.25, 0.3) is 0 Å². The summed E-state index contributed by atoms with van der Waals surface area (Å²) in [6.45, 7) is 3.71. The lowest BCUT2D eigenvalue weighted by Gasteiger charge is -2.19. The van der Waals surface area contributed by atoms with E-state index < -0.39 is 22.0 Å². The van der Waals surface area contributed by atoms with Crippen LogP contribution < -0.4 is 9.46 Å². The highest BCUT2D eigenvalue weighted by atomic mass is 35.5. The Morgan fingerprint density at radius 3 is 2.59 bits per heavy atom. The third-order valence-corrected chi connectivity index (χ3v) is 5.80. The summed E-state index contributed by atoms with van der Waals surface area (Å²) in [7, 11) is -2.46. The van der Waals surface area contributed by atoms with Crippen LogP contribution in [0.15, 0.2) is 47.4 Å². The highest BCUT2D eigenvalue weighted by molar-refractivity contribution is 7.89. The maximum atomic E-state index is 12.9. The molecule has 1 unspecified atom stereocenters. The van der Waals surface area contributed by atoms with Crippen molar-refractivity contribution in [3.05, 3.63) is 58.6 Å². The molecule has 0 amide bonds.